The second-order valence-corrected chi connectivity index (χ2v) is 7.85. The lowest BCUT2D eigenvalue weighted by atomic mass is 9.92. The number of carbonyl (C=O) groups is 2. The fourth-order valence-electron chi connectivity index (χ4n) is 3.11. The topological polar surface area (TPSA) is 67.9 Å². The molecule has 6 nitrogen and oxygen atoms in total. The van der Waals surface area contributed by atoms with Gasteiger partial charge in [-0.15, -0.1) is 0 Å². The maximum Gasteiger partial charge on any atom is 0.325 e. The molecular formula is C19H18Br2N2O4. The molecule has 2 aromatic rings. The maximum absolute atomic E-state index is 13.1. The van der Waals surface area contributed by atoms with Crippen molar-refractivity contribution in [1.29, 1.82) is 0 Å². The molecule has 3 amide bonds. The van der Waals surface area contributed by atoms with Crippen molar-refractivity contribution >= 4 is 43.8 Å². The number of carbonyl (C=O) groups excluding carboxylic acids is 2. The first-order valence-electron chi connectivity index (χ1n) is 8.12. The molecule has 0 spiro atoms. The monoisotopic (exact) mass is 496 g/mol. The molecule has 2 aromatic carbocycles. The second kappa shape index (κ2) is 7.52. The summed E-state index contributed by atoms with van der Waals surface area (Å²) >= 11 is 6.95. The molecule has 0 radical (unpaired) electrons. The van der Waals surface area contributed by atoms with Crippen LogP contribution < -0.4 is 14.8 Å². The summed E-state index contributed by atoms with van der Waals surface area (Å²) in [6.07, 6.45) is 0. The maximum atomic E-state index is 13.1. The van der Waals surface area contributed by atoms with Crippen molar-refractivity contribution in [3.8, 4) is 11.5 Å². The summed E-state index contributed by atoms with van der Waals surface area (Å²) in [5, 5.41) is 2.81. The molecule has 1 aliphatic heterocycles. The standard InChI is InChI=1S/C19H18Br2N2O4/c1-19(12-6-4-5-7-13(12)20)17(24)23(18(25)22-19)10-11-8-9-14(26-2)16(27-3)15(11)21/h4-9H,10H2,1-3H3,(H,22,25). The molecule has 142 valence electrons. The first-order chi connectivity index (χ1) is 12.8. The number of hydrogen-bond acceptors (Lipinski definition) is 4. The number of methoxy groups -OCH3 is 2. The molecule has 8 heteroatoms. The van der Waals surface area contributed by atoms with E-state index in [2.05, 4.69) is 37.2 Å². The summed E-state index contributed by atoms with van der Waals surface area (Å²) in [6, 6.07) is 10.4. The minimum absolute atomic E-state index is 0.103. The van der Waals surface area contributed by atoms with Crippen molar-refractivity contribution in [2.45, 2.75) is 19.0 Å². The van der Waals surface area contributed by atoms with Crippen molar-refractivity contribution in [2.24, 2.45) is 0 Å². The summed E-state index contributed by atoms with van der Waals surface area (Å²) in [4.78, 5) is 26.9. The van der Waals surface area contributed by atoms with Gasteiger partial charge in [0.25, 0.3) is 5.91 Å². The molecule has 1 N–H and O–H groups in total. The van der Waals surface area contributed by atoms with Gasteiger partial charge in [0.1, 0.15) is 5.54 Å². The predicted octanol–water partition coefficient (Wildman–Crippen LogP) is 4.20. The number of ether oxygens (including phenoxy) is 2. The summed E-state index contributed by atoms with van der Waals surface area (Å²) in [6.45, 7) is 1.81. The van der Waals surface area contributed by atoms with Crippen LogP contribution in [0.4, 0.5) is 4.79 Å². The Morgan fingerprint density at radius 2 is 1.78 bits per heavy atom. The molecular weight excluding hydrogens is 480 g/mol. The molecule has 1 unspecified atom stereocenters. The smallest absolute Gasteiger partial charge is 0.325 e. The Morgan fingerprint density at radius 1 is 1.07 bits per heavy atom. The predicted molar refractivity (Wildman–Crippen MR) is 108 cm³/mol. The minimum Gasteiger partial charge on any atom is -0.493 e. The van der Waals surface area contributed by atoms with Crippen LogP contribution in [0.5, 0.6) is 11.5 Å². The third-order valence-corrected chi connectivity index (χ3v) is 6.14. The Balaban J connectivity index is 1.95. The average molecular weight is 498 g/mol. The molecule has 0 bridgehead atoms. The van der Waals surface area contributed by atoms with E-state index in [1.165, 1.54) is 12.0 Å². The van der Waals surface area contributed by atoms with E-state index in [1.54, 1.807) is 26.2 Å². The molecule has 1 heterocycles. The molecule has 3 rings (SSSR count). The Bertz CT molecular complexity index is 919. The van der Waals surface area contributed by atoms with Gasteiger partial charge in [0.15, 0.2) is 11.5 Å². The molecule has 0 aliphatic carbocycles. The van der Waals surface area contributed by atoms with Crippen LogP contribution in [0.1, 0.15) is 18.1 Å². The number of benzene rings is 2. The van der Waals surface area contributed by atoms with Crippen molar-refractivity contribution in [3.05, 3.63) is 56.5 Å². The van der Waals surface area contributed by atoms with Gasteiger partial charge in [-0.2, -0.15) is 0 Å². The normalized spacial score (nSPS) is 19.2. The molecule has 1 saturated heterocycles. The third kappa shape index (κ3) is 3.32. The lowest BCUT2D eigenvalue weighted by Gasteiger charge is -2.23. The Hall–Kier alpha value is -2.06. The highest BCUT2D eigenvalue weighted by atomic mass is 79.9. The summed E-state index contributed by atoms with van der Waals surface area (Å²) in [7, 11) is 3.08. The van der Waals surface area contributed by atoms with Crippen LogP contribution in [0.15, 0.2) is 45.3 Å². The summed E-state index contributed by atoms with van der Waals surface area (Å²) in [5.41, 5.74) is 0.296. The van der Waals surface area contributed by atoms with Crippen molar-refractivity contribution in [1.82, 2.24) is 10.2 Å². The van der Waals surface area contributed by atoms with E-state index in [0.29, 0.717) is 21.5 Å². The van der Waals surface area contributed by atoms with Crippen LogP contribution in [-0.2, 0) is 16.9 Å². The van der Waals surface area contributed by atoms with E-state index in [0.717, 1.165) is 10.0 Å². The molecule has 0 saturated carbocycles. The van der Waals surface area contributed by atoms with Crippen LogP contribution in [0.2, 0.25) is 0 Å². The van der Waals surface area contributed by atoms with Gasteiger partial charge in [-0.05, 0) is 40.5 Å². The fourth-order valence-corrected chi connectivity index (χ4v) is 4.41. The number of imide groups is 1. The zero-order valence-electron chi connectivity index (χ0n) is 15.0. The van der Waals surface area contributed by atoms with Crippen molar-refractivity contribution in [3.63, 3.8) is 0 Å². The first kappa shape index (κ1) is 19.7. The largest absolute Gasteiger partial charge is 0.493 e. The number of rotatable bonds is 5. The Kier molecular flexibility index (Phi) is 5.48. The van der Waals surface area contributed by atoms with Crippen LogP contribution in [-0.4, -0.2) is 31.1 Å². The summed E-state index contributed by atoms with van der Waals surface area (Å²) < 4.78 is 12.0. The molecule has 1 aliphatic rings. The van der Waals surface area contributed by atoms with Gasteiger partial charge in [-0.3, -0.25) is 9.69 Å². The number of hydrogen-bond donors (Lipinski definition) is 1. The molecule has 0 aromatic heterocycles. The quantitative estimate of drug-likeness (QED) is 0.629. The highest BCUT2D eigenvalue weighted by Gasteiger charge is 2.49. The van der Waals surface area contributed by atoms with Crippen LogP contribution in [0.25, 0.3) is 0 Å². The van der Waals surface area contributed by atoms with E-state index in [4.69, 9.17) is 9.47 Å². The van der Waals surface area contributed by atoms with E-state index >= 15 is 0 Å². The third-order valence-electron chi connectivity index (χ3n) is 4.58. The number of urea groups is 1. The van der Waals surface area contributed by atoms with Gasteiger partial charge in [0, 0.05) is 10.0 Å². The van der Waals surface area contributed by atoms with E-state index in [-0.39, 0.29) is 12.5 Å². The number of amides is 3. The second-order valence-electron chi connectivity index (χ2n) is 6.20. The SMILES string of the molecule is COc1ccc(CN2C(=O)NC(C)(c3ccccc3Br)C2=O)c(Br)c1OC. The highest BCUT2D eigenvalue weighted by molar-refractivity contribution is 9.11. The number of halogens is 2. The van der Waals surface area contributed by atoms with Gasteiger partial charge < -0.3 is 14.8 Å². The lowest BCUT2D eigenvalue weighted by Crippen LogP contribution is -2.41. The van der Waals surface area contributed by atoms with E-state index in [1.807, 2.05) is 24.3 Å². The van der Waals surface area contributed by atoms with Gasteiger partial charge >= 0.3 is 6.03 Å². The summed E-state index contributed by atoms with van der Waals surface area (Å²) in [5.74, 6) is 0.750. The highest BCUT2D eigenvalue weighted by Crippen LogP contribution is 2.39. The molecule has 1 fully saturated rings. The van der Waals surface area contributed by atoms with Gasteiger partial charge in [0.2, 0.25) is 0 Å². The van der Waals surface area contributed by atoms with Crippen LogP contribution in [0, 0.1) is 0 Å². The molecule has 27 heavy (non-hydrogen) atoms. The van der Waals surface area contributed by atoms with E-state index in [9.17, 15) is 9.59 Å². The number of nitrogens with one attached hydrogen (secondary N) is 1. The lowest BCUT2D eigenvalue weighted by molar-refractivity contribution is -0.131. The zero-order chi connectivity index (χ0) is 19.8. The Morgan fingerprint density at radius 3 is 2.41 bits per heavy atom. The minimum atomic E-state index is -1.14. The average Bonchev–Trinajstić information content (AvgIpc) is 2.87. The van der Waals surface area contributed by atoms with Gasteiger partial charge in [0.05, 0.1) is 25.2 Å². The zero-order valence-corrected chi connectivity index (χ0v) is 18.2. The van der Waals surface area contributed by atoms with Gasteiger partial charge in [-0.25, -0.2) is 4.79 Å². The first-order valence-corrected chi connectivity index (χ1v) is 9.70. The number of nitrogens with zero attached hydrogens (tertiary/aromatic N) is 1. The van der Waals surface area contributed by atoms with Crippen LogP contribution >= 0.6 is 31.9 Å². The van der Waals surface area contributed by atoms with Crippen molar-refractivity contribution < 1.29 is 19.1 Å². The van der Waals surface area contributed by atoms with Gasteiger partial charge in [-0.1, -0.05) is 40.2 Å². The Labute approximate surface area is 174 Å². The molecule has 1 atom stereocenters. The van der Waals surface area contributed by atoms with Crippen molar-refractivity contribution in [2.75, 3.05) is 14.2 Å². The van der Waals surface area contributed by atoms with E-state index < -0.39 is 11.6 Å². The van der Waals surface area contributed by atoms with Crippen LogP contribution in [0.3, 0.4) is 0 Å². The fraction of sp³-hybridized carbons (Fsp3) is 0.263.